The highest BCUT2D eigenvalue weighted by Crippen LogP contribution is 2.26. The van der Waals surface area contributed by atoms with Crippen LogP contribution in [0, 0.1) is 4.77 Å². The van der Waals surface area contributed by atoms with Gasteiger partial charge in [0.15, 0.2) is 4.77 Å². The molecule has 2 aromatic rings. The average Bonchev–Trinajstić information content (AvgIpc) is 3.17. The molecule has 5 heteroatoms. The third-order valence-electron chi connectivity index (χ3n) is 3.82. The molecule has 1 aliphatic carbocycles. The number of rotatable bonds is 5. The molecule has 0 unspecified atom stereocenters. The highest BCUT2D eigenvalue weighted by atomic mass is 35.5. The summed E-state index contributed by atoms with van der Waals surface area (Å²) in [5, 5.41) is 0.754. The predicted octanol–water partition coefficient (Wildman–Crippen LogP) is 3.84. The molecular formula is C14H18ClN3S. The second-order valence-electron chi connectivity index (χ2n) is 5.10. The Morgan fingerprint density at radius 3 is 2.95 bits per heavy atom. The normalized spacial score (nSPS) is 15.5. The Morgan fingerprint density at radius 1 is 1.47 bits per heavy atom. The van der Waals surface area contributed by atoms with E-state index in [9.17, 15) is 0 Å². The first-order valence-electron chi connectivity index (χ1n) is 6.81. The Morgan fingerprint density at radius 2 is 2.26 bits per heavy atom. The van der Waals surface area contributed by atoms with Gasteiger partial charge in [-0.2, -0.15) is 0 Å². The predicted molar refractivity (Wildman–Crippen MR) is 82.4 cm³/mol. The van der Waals surface area contributed by atoms with Crippen molar-refractivity contribution in [3.05, 3.63) is 28.0 Å². The van der Waals surface area contributed by atoms with Crippen LogP contribution in [0.5, 0.6) is 0 Å². The maximum absolute atomic E-state index is 6.08. The van der Waals surface area contributed by atoms with Gasteiger partial charge >= 0.3 is 0 Å². The molecule has 1 saturated carbocycles. The summed E-state index contributed by atoms with van der Waals surface area (Å²) >= 11 is 11.5. The standard InChI is InChI=1S/C14H18ClN3S/c1-2-17(11-4-5-11)7-8-18-13-9-10(15)3-6-12(13)16-14(18)19/h3,6,9,11H,2,4-5,7-8H2,1H3,(H,16,19). The highest BCUT2D eigenvalue weighted by molar-refractivity contribution is 7.71. The molecular weight excluding hydrogens is 278 g/mol. The first-order valence-corrected chi connectivity index (χ1v) is 7.60. The van der Waals surface area contributed by atoms with Crippen molar-refractivity contribution in [3.63, 3.8) is 0 Å². The molecule has 0 bridgehead atoms. The van der Waals surface area contributed by atoms with E-state index in [2.05, 4.69) is 21.4 Å². The molecule has 0 saturated heterocycles. The van der Waals surface area contributed by atoms with Crippen molar-refractivity contribution in [1.82, 2.24) is 14.5 Å². The van der Waals surface area contributed by atoms with Crippen molar-refractivity contribution in [2.24, 2.45) is 0 Å². The lowest BCUT2D eigenvalue weighted by Gasteiger charge is -2.20. The van der Waals surface area contributed by atoms with Gasteiger partial charge in [-0.05, 0) is 49.8 Å². The lowest BCUT2D eigenvalue weighted by atomic mass is 10.3. The van der Waals surface area contributed by atoms with Crippen molar-refractivity contribution in [1.29, 1.82) is 0 Å². The zero-order chi connectivity index (χ0) is 13.4. The Labute approximate surface area is 123 Å². The second-order valence-corrected chi connectivity index (χ2v) is 5.93. The summed E-state index contributed by atoms with van der Waals surface area (Å²) in [5.41, 5.74) is 2.16. The molecule has 3 nitrogen and oxygen atoms in total. The van der Waals surface area contributed by atoms with E-state index in [0.717, 1.165) is 46.5 Å². The zero-order valence-electron chi connectivity index (χ0n) is 11.0. The van der Waals surface area contributed by atoms with E-state index in [1.54, 1.807) is 0 Å². The van der Waals surface area contributed by atoms with Gasteiger partial charge in [-0.25, -0.2) is 0 Å². The second kappa shape index (κ2) is 5.27. The van der Waals surface area contributed by atoms with Crippen LogP contribution in [0.1, 0.15) is 19.8 Å². The summed E-state index contributed by atoms with van der Waals surface area (Å²) in [6.07, 6.45) is 2.69. The molecule has 3 rings (SSSR count). The third-order valence-corrected chi connectivity index (χ3v) is 4.38. The van der Waals surface area contributed by atoms with Crippen molar-refractivity contribution < 1.29 is 0 Å². The fraction of sp³-hybridized carbons (Fsp3) is 0.500. The number of fused-ring (bicyclic) bond motifs is 1. The minimum atomic E-state index is 0.754. The molecule has 1 N–H and O–H groups in total. The van der Waals surface area contributed by atoms with Gasteiger partial charge in [0.1, 0.15) is 0 Å². The highest BCUT2D eigenvalue weighted by Gasteiger charge is 2.27. The summed E-state index contributed by atoms with van der Waals surface area (Å²) in [4.78, 5) is 5.77. The first kappa shape index (κ1) is 13.2. The molecule has 0 atom stereocenters. The smallest absolute Gasteiger partial charge is 0.178 e. The van der Waals surface area contributed by atoms with Gasteiger partial charge in [-0.3, -0.25) is 4.90 Å². The van der Waals surface area contributed by atoms with E-state index in [0.29, 0.717) is 0 Å². The monoisotopic (exact) mass is 295 g/mol. The number of hydrogen-bond acceptors (Lipinski definition) is 2. The molecule has 1 heterocycles. The van der Waals surface area contributed by atoms with Crippen LogP contribution in [0.2, 0.25) is 5.02 Å². The zero-order valence-corrected chi connectivity index (χ0v) is 12.6. The van der Waals surface area contributed by atoms with E-state index in [-0.39, 0.29) is 0 Å². The number of nitrogens with one attached hydrogen (secondary N) is 1. The molecule has 0 radical (unpaired) electrons. The molecule has 0 amide bonds. The number of aromatic amines is 1. The van der Waals surface area contributed by atoms with Gasteiger partial charge in [0, 0.05) is 24.2 Å². The Kier molecular flexibility index (Phi) is 3.65. The van der Waals surface area contributed by atoms with Crippen LogP contribution < -0.4 is 0 Å². The van der Waals surface area contributed by atoms with Gasteiger partial charge in [0.05, 0.1) is 11.0 Å². The van der Waals surface area contributed by atoms with Crippen LogP contribution in [0.4, 0.5) is 0 Å². The average molecular weight is 296 g/mol. The number of nitrogens with zero attached hydrogens (tertiary/aromatic N) is 2. The van der Waals surface area contributed by atoms with Crippen LogP contribution in [0.15, 0.2) is 18.2 Å². The van der Waals surface area contributed by atoms with Crippen molar-refractivity contribution in [3.8, 4) is 0 Å². The minimum Gasteiger partial charge on any atom is -0.331 e. The SMILES string of the molecule is CCN(CCn1c(=S)[nH]c2ccc(Cl)cc21)C1CC1. The lowest BCUT2D eigenvalue weighted by molar-refractivity contribution is 0.267. The van der Waals surface area contributed by atoms with Gasteiger partial charge in [0.25, 0.3) is 0 Å². The molecule has 1 aromatic heterocycles. The fourth-order valence-electron chi connectivity index (χ4n) is 2.61. The van der Waals surface area contributed by atoms with Crippen LogP contribution >= 0.6 is 23.8 Å². The summed E-state index contributed by atoms with van der Waals surface area (Å²) in [7, 11) is 0. The Bertz CT molecular complexity index is 642. The van der Waals surface area contributed by atoms with Crippen LogP contribution in [-0.4, -0.2) is 33.6 Å². The quantitative estimate of drug-likeness (QED) is 0.848. The molecule has 0 spiro atoms. The molecule has 1 aliphatic rings. The van der Waals surface area contributed by atoms with E-state index in [1.807, 2.05) is 18.2 Å². The fourth-order valence-corrected chi connectivity index (χ4v) is 3.08. The van der Waals surface area contributed by atoms with E-state index < -0.39 is 0 Å². The largest absolute Gasteiger partial charge is 0.331 e. The summed E-state index contributed by atoms with van der Waals surface area (Å²) in [6.45, 7) is 5.31. The van der Waals surface area contributed by atoms with Crippen molar-refractivity contribution in [2.45, 2.75) is 32.4 Å². The van der Waals surface area contributed by atoms with Gasteiger partial charge in [-0.1, -0.05) is 18.5 Å². The number of H-pyrrole nitrogens is 1. The third kappa shape index (κ3) is 2.71. The molecule has 1 fully saturated rings. The van der Waals surface area contributed by atoms with E-state index in [1.165, 1.54) is 12.8 Å². The van der Waals surface area contributed by atoms with Gasteiger partial charge in [-0.15, -0.1) is 0 Å². The van der Waals surface area contributed by atoms with Crippen LogP contribution in [0.3, 0.4) is 0 Å². The summed E-state index contributed by atoms with van der Waals surface area (Å²) in [5.74, 6) is 0. The topological polar surface area (TPSA) is 24.0 Å². The summed E-state index contributed by atoms with van der Waals surface area (Å²) in [6, 6.07) is 6.66. The van der Waals surface area contributed by atoms with Crippen molar-refractivity contribution >= 4 is 34.9 Å². The van der Waals surface area contributed by atoms with Gasteiger partial charge in [0.2, 0.25) is 0 Å². The maximum atomic E-state index is 6.08. The number of imidazole rings is 1. The number of aromatic nitrogens is 2. The molecule has 102 valence electrons. The maximum Gasteiger partial charge on any atom is 0.178 e. The van der Waals surface area contributed by atoms with Crippen LogP contribution in [-0.2, 0) is 6.54 Å². The van der Waals surface area contributed by atoms with E-state index >= 15 is 0 Å². The summed E-state index contributed by atoms with van der Waals surface area (Å²) < 4.78 is 2.94. The molecule has 0 aliphatic heterocycles. The minimum absolute atomic E-state index is 0.754. The van der Waals surface area contributed by atoms with E-state index in [4.69, 9.17) is 23.8 Å². The molecule has 1 aromatic carbocycles. The Balaban J connectivity index is 1.85. The number of halogens is 1. The van der Waals surface area contributed by atoms with Gasteiger partial charge < -0.3 is 9.55 Å². The number of benzene rings is 1. The van der Waals surface area contributed by atoms with Crippen LogP contribution in [0.25, 0.3) is 11.0 Å². The Hall–Kier alpha value is -0.840. The molecule has 19 heavy (non-hydrogen) atoms. The first-order chi connectivity index (χ1) is 9.19. The number of hydrogen-bond donors (Lipinski definition) is 1. The number of likely N-dealkylation sites (N-methyl/N-ethyl adjacent to an activating group) is 1. The van der Waals surface area contributed by atoms with Crippen molar-refractivity contribution in [2.75, 3.05) is 13.1 Å². The lowest BCUT2D eigenvalue weighted by Crippen LogP contribution is -2.29.